The lowest BCUT2D eigenvalue weighted by Crippen LogP contribution is -2.45. The largest absolute Gasteiger partial charge is 0.490 e. The molecule has 0 unspecified atom stereocenters. The molecule has 0 aliphatic carbocycles. The molecule has 0 bridgehead atoms. The van der Waals surface area contributed by atoms with Crippen LogP contribution in [0, 0.1) is 60.9 Å². The first-order valence-corrected chi connectivity index (χ1v) is 15.9. The first kappa shape index (κ1) is 48.6. The molecule has 0 aliphatic rings. The van der Waals surface area contributed by atoms with Crippen LogP contribution in [-0.2, 0) is 21.9 Å². The van der Waals surface area contributed by atoms with E-state index in [1.54, 1.807) is 5.32 Å². The quantitative estimate of drug-likeness (QED) is 0.0358. The summed E-state index contributed by atoms with van der Waals surface area (Å²) in [5.41, 5.74) is -12.0. The second-order valence-electron chi connectivity index (χ2n) is 12.5. The van der Waals surface area contributed by atoms with Crippen molar-refractivity contribution in [1.29, 1.82) is 0 Å². The highest BCUT2D eigenvalue weighted by atomic mass is 19.4. The fraction of sp³-hybridized carbons (Fsp3) is 0.235. The van der Waals surface area contributed by atoms with Crippen molar-refractivity contribution >= 4 is 34.6 Å². The number of alkyl halides is 6. The van der Waals surface area contributed by atoms with Crippen LogP contribution in [0.15, 0.2) is 54.6 Å². The van der Waals surface area contributed by atoms with Gasteiger partial charge in [-0.05, 0) is 50.2 Å². The Labute approximate surface area is 330 Å². The van der Waals surface area contributed by atoms with E-state index in [-0.39, 0.29) is 11.8 Å². The summed E-state index contributed by atoms with van der Waals surface area (Å²) in [4.78, 5) is 43.2. The highest BCUT2D eigenvalue weighted by Crippen LogP contribution is 2.39. The van der Waals surface area contributed by atoms with Crippen LogP contribution >= 0.6 is 0 Å². The lowest BCUT2D eigenvalue weighted by molar-refractivity contribution is -0.388. The minimum atomic E-state index is -5.18. The highest BCUT2D eigenvalue weighted by Gasteiger charge is 2.41. The summed E-state index contributed by atoms with van der Waals surface area (Å²) in [6.07, 6.45) is -10.2. The number of rotatable bonds is 12. The normalized spacial score (nSPS) is 13.5. The summed E-state index contributed by atoms with van der Waals surface area (Å²) in [6.45, 7) is -0.512. The number of aliphatic hydroxyl groups is 2. The number of nitrogens with one attached hydrogen (secondary N) is 2. The molecule has 61 heavy (non-hydrogen) atoms. The molecule has 2 atom stereocenters. The van der Waals surface area contributed by atoms with Crippen LogP contribution in [0.2, 0.25) is 0 Å². The number of nitro groups is 2. The number of nitrogens with zero attached hydrogens (tertiary/aromatic N) is 2. The van der Waals surface area contributed by atoms with E-state index < -0.39 is 139 Å². The maximum Gasteiger partial charge on any atom is 0.423 e. The Morgan fingerprint density at radius 1 is 0.590 bits per heavy atom. The molecule has 27 heteroatoms. The zero-order valence-corrected chi connectivity index (χ0v) is 30.1. The van der Waals surface area contributed by atoms with Crippen LogP contribution < -0.4 is 20.1 Å². The topological polar surface area (TPSA) is 203 Å². The fourth-order valence-corrected chi connectivity index (χ4v) is 4.38. The molecule has 0 aromatic heterocycles. The predicted molar refractivity (Wildman–Crippen MR) is 178 cm³/mol. The SMILES string of the molecule is C[C@](O)(COc1c(F)c(F)c(F)c(F)c1F)C(=O)Nc1ccc([N+](=O)[O-])c(C(F)(F)F)c1.C[C@](O)(COc1ccc(F)c(F)c1)C(=O)Nc1ccc([N+](=O)[O-])c(C(F)(F)F)c1. The Morgan fingerprint density at radius 3 is 1.33 bits per heavy atom. The van der Waals surface area contributed by atoms with Gasteiger partial charge in [-0.3, -0.25) is 29.8 Å². The number of nitro benzene ring substituents is 2. The van der Waals surface area contributed by atoms with Crippen LogP contribution in [0.5, 0.6) is 11.5 Å². The summed E-state index contributed by atoms with van der Waals surface area (Å²) in [6, 6.07) is 5.56. The van der Waals surface area contributed by atoms with Crippen LogP contribution in [0.4, 0.5) is 79.8 Å². The summed E-state index contributed by atoms with van der Waals surface area (Å²) in [5.74, 6) is -19.0. The van der Waals surface area contributed by atoms with E-state index in [9.17, 15) is 97.1 Å². The van der Waals surface area contributed by atoms with Gasteiger partial charge in [-0.15, -0.1) is 0 Å². The van der Waals surface area contributed by atoms with Gasteiger partial charge in [-0.2, -0.15) is 35.1 Å². The number of carbonyl (C=O) groups is 2. The molecular formula is C34H23F13N4O10. The molecule has 14 nitrogen and oxygen atoms in total. The first-order valence-electron chi connectivity index (χ1n) is 15.9. The number of hydrogen-bond acceptors (Lipinski definition) is 10. The maximum absolute atomic E-state index is 13.6. The van der Waals surface area contributed by atoms with Gasteiger partial charge in [0.25, 0.3) is 23.2 Å². The Hall–Kier alpha value is -6.77. The Balaban J connectivity index is 0.000000327. The van der Waals surface area contributed by atoms with Gasteiger partial charge < -0.3 is 30.3 Å². The predicted octanol–water partition coefficient (Wildman–Crippen LogP) is 7.74. The molecule has 0 saturated heterocycles. The van der Waals surface area contributed by atoms with E-state index in [4.69, 9.17) is 4.74 Å². The third kappa shape index (κ3) is 11.9. The molecular weight excluding hydrogens is 871 g/mol. The van der Waals surface area contributed by atoms with Gasteiger partial charge in [0.1, 0.15) is 30.1 Å². The second kappa shape index (κ2) is 18.2. The third-order valence-electron chi connectivity index (χ3n) is 7.57. The van der Waals surface area contributed by atoms with Crippen LogP contribution in [0.1, 0.15) is 25.0 Å². The molecule has 0 radical (unpaired) electrons. The number of halogens is 13. The molecule has 2 amide bonds. The lowest BCUT2D eigenvalue weighted by Gasteiger charge is -2.23. The van der Waals surface area contributed by atoms with Gasteiger partial charge in [0, 0.05) is 29.6 Å². The zero-order valence-electron chi connectivity index (χ0n) is 30.1. The van der Waals surface area contributed by atoms with E-state index in [0.717, 1.165) is 25.1 Å². The van der Waals surface area contributed by atoms with Gasteiger partial charge in [0.15, 0.2) is 28.6 Å². The summed E-state index contributed by atoms with van der Waals surface area (Å²) in [7, 11) is 0. The van der Waals surface area contributed by atoms with Crippen molar-refractivity contribution < 1.29 is 96.2 Å². The first-order chi connectivity index (χ1) is 27.9. The van der Waals surface area contributed by atoms with Crippen molar-refractivity contribution in [3.8, 4) is 11.5 Å². The number of amides is 2. The van der Waals surface area contributed by atoms with Crippen molar-refractivity contribution in [3.63, 3.8) is 0 Å². The zero-order chi connectivity index (χ0) is 46.6. The third-order valence-corrected chi connectivity index (χ3v) is 7.57. The van der Waals surface area contributed by atoms with Crippen molar-refractivity contribution in [1.82, 2.24) is 0 Å². The van der Waals surface area contributed by atoms with Gasteiger partial charge >= 0.3 is 12.4 Å². The highest BCUT2D eigenvalue weighted by molar-refractivity contribution is 5.97. The van der Waals surface area contributed by atoms with Gasteiger partial charge in [-0.1, -0.05) is 0 Å². The molecule has 0 fully saturated rings. The standard InChI is InChI=1S/C17H10F8N2O5.C17H13F5N2O5/c1-16(29,5-32-14-12(21)10(19)9(18)11(20)13(14)22)15(28)26-6-2-3-8(27(30)31)7(4-6)17(23,24)25;1-16(26,8-29-10-3-4-12(18)13(19)7-10)15(25)23-9-2-5-14(24(27)28)11(6-9)17(20,21)22/h2-4,29H,5H2,1H3,(H,26,28);2-7,26H,8H2,1H3,(H,23,25)/t2*16-/m00/s1. The van der Waals surface area contributed by atoms with Gasteiger partial charge in [-0.25, -0.2) is 22.0 Å². The second-order valence-corrected chi connectivity index (χ2v) is 12.5. The number of hydrogen-bond donors (Lipinski definition) is 4. The molecule has 0 spiro atoms. The average Bonchev–Trinajstić information content (AvgIpc) is 3.16. The van der Waals surface area contributed by atoms with Gasteiger partial charge in [0.05, 0.1) is 9.85 Å². The minimum absolute atomic E-state index is 0.192. The molecule has 4 N–H and O–H groups in total. The van der Waals surface area contributed by atoms with Crippen LogP contribution in [-0.4, -0.2) is 56.3 Å². The molecule has 4 aromatic carbocycles. The summed E-state index contributed by atoms with van der Waals surface area (Å²) >= 11 is 0. The Bertz CT molecular complexity index is 2330. The van der Waals surface area contributed by atoms with Crippen molar-refractivity contribution in [2.45, 2.75) is 37.4 Å². The van der Waals surface area contributed by atoms with E-state index in [0.29, 0.717) is 37.3 Å². The van der Waals surface area contributed by atoms with Crippen molar-refractivity contribution in [2.75, 3.05) is 23.8 Å². The number of anilines is 2. The molecule has 4 aromatic rings. The Morgan fingerprint density at radius 2 is 0.967 bits per heavy atom. The molecule has 0 saturated carbocycles. The van der Waals surface area contributed by atoms with Crippen molar-refractivity contribution in [2.24, 2.45) is 0 Å². The van der Waals surface area contributed by atoms with E-state index >= 15 is 0 Å². The molecule has 0 heterocycles. The summed E-state index contributed by atoms with van der Waals surface area (Å²) in [5, 5.41) is 45.5. The Kier molecular flexibility index (Phi) is 14.5. The molecule has 0 aliphatic heterocycles. The smallest absolute Gasteiger partial charge is 0.423 e. The van der Waals surface area contributed by atoms with Crippen LogP contribution in [0.3, 0.4) is 0 Å². The van der Waals surface area contributed by atoms with E-state index in [1.807, 2.05) is 5.32 Å². The summed E-state index contributed by atoms with van der Waals surface area (Å²) < 4.78 is 180. The fourth-order valence-electron chi connectivity index (χ4n) is 4.38. The lowest BCUT2D eigenvalue weighted by atomic mass is 10.1. The van der Waals surface area contributed by atoms with E-state index in [2.05, 4.69) is 4.74 Å². The van der Waals surface area contributed by atoms with Crippen LogP contribution in [0.25, 0.3) is 0 Å². The maximum atomic E-state index is 13.6. The monoisotopic (exact) mass is 894 g/mol. The molecule has 330 valence electrons. The average molecular weight is 895 g/mol. The number of ether oxygens (including phenoxy) is 2. The molecule has 4 rings (SSSR count). The number of carbonyl (C=O) groups excluding carboxylic acids is 2. The number of benzene rings is 4. The van der Waals surface area contributed by atoms with Crippen molar-refractivity contribution in [3.05, 3.63) is 127 Å². The van der Waals surface area contributed by atoms with Gasteiger partial charge in [0.2, 0.25) is 29.1 Å². The minimum Gasteiger partial charge on any atom is -0.490 e. The van der Waals surface area contributed by atoms with E-state index in [1.165, 1.54) is 0 Å².